The standard InChI is InChI=1S/C12H18N2/c1-10(13)11-4-6-12(7-5-11)14-8-2-3-9-14/h4-7,10H,2-3,8-9,13H2,1H3. The molecule has 0 radical (unpaired) electrons. The van der Waals surface area contributed by atoms with Crippen molar-refractivity contribution in [2.75, 3.05) is 18.0 Å². The first kappa shape index (κ1) is 9.53. The number of hydrogen-bond donors (Lipinski definition) is 1. The quantitative estimate of drug-likeness (QED) is 0.775. The molecule has 0 saturated carbocycles. The Morgan fingerprint density at radius 3 is 2.21 bits per heavy atom. The van der Waals surface area contributed by atoms with E-state index in [1.165, 1.54) is 37.2 Å². The van der Waals surface area contributed by atoms with E-state index in [0.29, 0.717) is 0 Å². The van der Waals surface area contributed by atoms with Crippen molar-refractivity contribution in [2.24, 2.45) is 5.73 Å². The molecule has 14 heavy (non-hydrogen) atoms. The van der Waals surface area contributed by atoms with E-state index >= 15 is 0 Å². The molecule has 2 nitrogen and oxygen atoms in total. The molecule has 2 N–H and O–H groups in total. The number of benzene rings is 1. The fourth-order valence-electron chi connectivity index (χ4n) is 1.96. The van der Waals surface area contributed by atoms with Crippen LogP contribution in [0.15, 0.2) is 24.3 Å². The molecule has 0 aliphatic carbocycles. The molecule has 1 fully saturated rings. The van der Waals surface area contributed by atoms with Gasteiger partial charge in [-0.3, -0.25) is 0 Å². The first-order chi connectivity index (χ1) is 6.77. The maximum Gasteiger partial charge on any atom is 0.0366 e. The average molecular weight is 190 g/mol. The second kappa shape index (κ2) is 4.01. The zero-order valence-corrected chi connectivity index (χ0v) is 8.74. The van der Waals surface area contributed by atoms with Crippen molar-refractivity contribution < 1.29 is 0 Å². The molecule has 0 aromatic heterocycles. The maximum atomic E-state index is 5.80. The van der Waals surface area contributed by atoms with E-state index in [1.807, 2.05) is 6.92 Å². The average Bonchev–Trinajstić information content (AvgIpc) is 2.71. The van der Waals surface area contributed by atoms with Gasteiger partial charge in [-0.1, -0.05) is 12.1 Å². The third-order valence-corrected chi connectivity index (χ3v) is 2.89. The highest BCUT2D eigenvalue weighted by Crippen LogP contribution is 2.21. The molecular formula is C12H18N2. The van der Waals surface area contributed by atoms with Crippen LogP contribution < -0.4 is 10.6 Å². The van der Waals surface area contributed by atoms with Gasteiger partial charge in [0.2, 0.25) is 0 Å². The highest BCUT2D eigenvalue weighted by Gasteiger charge is 2.11. The minimum Gasteiger partial charge on any atom is -0.372 e. The van der Waals surface area contributed by atoms with E-state index in [4.69, 9.17) is 5.73 Å². The Bertz CT molecular complexity index is 284. The minimum atomic E-state index is 0.141. The summed E-state index contributed by atoms with van der Waals surface area (Å²) < 4.78 is 0. The Morgan fingerprint density at radius 1 is 1.14 bits per heavy atom. The van der Waals surface area contributed by atoms with Crippen molar-refractivity contribution in [3.05, 3.63) is 29.8 Å². The molecule has 0 bridgehead atoms. The molecule has 1 aliphatic rings. The Hall–Kier alpha value is -1.02. The minimum absolute atomic E-state index is 0.141. The first-order valence-electron chi connectivity index (χ1n) is 5.38. The zero-order valence-electron chi connectivity index (χ0n) is 8.74. The van der Waals surface area contributed by atoms with E-state index < -0.39 is 0 Å². The van der Waals surface area contributed by atoms with Gasteiger partial charge in [-0.05, 0) is 37.5 Å². The molecule has 0 spiro atoms. The van der Waals surface area contributed by atoms with Crippen LogP contribution in [-0.2, 0) is 0 Å². The third-order valence-electron chi connectivity index (χ3n) is 2.89. The first-order valence-corrected chi connectivity index (χ1v) is 5.38. The highest BCUT2D eigenvalue weighted by atomic mass is 15.1. The summed E-state index contributed by atoms with van der Waals surface area (Å²) in [6.45, 7) is 4.43. The second-order valence-electron chi connectivity index (χ2n) is 4.07. The summed E-state index contributed by atoms with van der Waals surface area (Å²) in [5, 5.41) is 0. The lowest BCUT2D eigenvalue weighted by Gasteiger charge is -2.18. The second-order valence-corrected chi connectivity index (χ2v) is 4.07. The normalized spacial score (nSPS) is 18.6. The van der Waals surface area contributed by atoms with Crippen molar-refractivity contribution in [3.8, 4) is 0 Å². The van der Waals surface area contributed by atoms with Gasteiger partial charge < -0.3 is 10.6 Å². The number of hydrogen-bond acceptors (Lipinski definition) is 2. The summed E-state index contributed by atoms with van der Waals surface area (Å²) >= 11 is 0. The summed E-state index contributed by atoms with van der Waals surface area (Å²) in [6.07, 6.45) is 2.66. The van der Waals surface area contributed by atoms with Crippen LogP contribution in [0.4, 0.5) is 5.69 Å². The third kappa shape index (κ3) is 1.90. The van der Waals surface area contributed by atoms with Crippen molar-refractivity contribution in [1.82, 2.24) is 0 Å². The van der Waals surface area contributed by atoms with Gasteiger partial charge in [0.15, 0.2) is 0 Å². The monoisotopic (exact) mass is 190 g/mol. The molecule has 1 heterocycles. The number of nitrogens with zero attached hydrogens (tertiary/aromatic N) is 1. The van der Waals surface area contributed by atoms with Crippen LogP contribution in [0.25, 0.3) is 0 Å². The smallest absolute Gasteiger partial charge is 0.0366 e. The van der Waals surface area contributed by atoms with Crippen LogP contribution in [0, 0.1) is 0 Å². The molecule has 1 saturated heterocycles. The zero-order chi connectivity index (χ0) is 9.97. The van der Waals surface area contributed by atoms with Crippen molar-refractivity contribution in [3.63, 3.8) is 0 Å². The van der Waals surface area contributed by atoms with Crippen molar-refractivity contribution in [2.45, 2.75) is 25.8 Å². The molecular weight excluding hydrogens is 172 g/mol. The summed E-state index contributed by atoms with van der Waals surface area (Å²) in [5.41, 5.74) is 8.36. The fraction of sp³-hybridized carbons (Fsp3) is 0.500. The molecule has 1 unspecified atom stereocenters. The maximum absolute atomic E-state index is 5.80. The van der Waals surface area contributed by atoms with E-state index in [-0.39, 0.29) is 6.04 Å². The summed E-state index contributed by atoms with van der Waals surface area (Å²) in [6, 6.07) is 8.78. The van der Waals surface area contributed by atoms with Gasteiger partial charge >= 0.3 is 0 Å². The van der Waals surface area contributed by atoms with Gasteiger partial charge in [0, 0.05) is 24.8 Å². The molecule has 2 heteroatoms. The molecule has 1 atom stereocenters. The lowest BCUT2D eigenvalue weighted by atomic mass is 10.1. The van der Waals surface area contributed by atoms with Crippen molar-refractivity contribution >= 4 is 5.69 Å². The van der Waals surface area contributed by atoms with Crippen LogP contribution >= 0.6 is 0 Å². The van der Waals surface area contributed by atoms with Crippen LogP contribution in [0.1, 0.15) is 31.4 Å². The molecule has 0 amide bonds. The van der Waals surface area contributed by atoms with Crippen LogP contribution in [0.2, 0.25) is 0 Å². The van der Waals surface area contributed by atoms with Gasteiger partial charge in [0.1, 0.15) is 0 Å². The Morgan fingerprint density at radius 2 is 1.71 bits per heavy atom. The highest BCUT2D eigenvalue weighted by molar-refractivity contribution is 5.48. The van der Waals surface area contributed by atoms with Gasteiger partial charge in [0.25, 0.3) is 0 Å². The van der Waals surface area contributed by atoms with Gasteiger partial charge in [-0.25, -0.2) is 0 Å². The largest absolute Gasteiger partial charge is 0.372 e. The van der Waals surface area contributed by atoms with E-state index in [1.54, 1.807) is 0 Å². The van der Waals surface area contributed by atoms with Gasteiger partial charge in [0.05, 0.1) is 0 Å². The van der Waals surface area contributed by atoms with Gasteiger partial charge in [-0.2, -0.15) is 0 Å². The van der Waals surface area contributed by atoms with Crippen LogP contribution in [-0.4, -0.2) is 13.1 Å². The number of nitrogens with two attached hydrogens (primary N) is 1. The van der Waals surface area contributed by atoms with E-state index in [2.05, 4.69) is 29.2 Å². The van der Waals surface area contributed by atoms with E-state index in [9.17, 15) is 0 Å². The Labute approximate surface area is 85.7 Å². The number of anilines is 1. The lowest BCUT2D eigenvalue weighted by Crippen LogP contribution is -2.17. The predicted octanol–water partition coefficient (Wildman–Crippen LogP) is 2.31. The SMILES string of the molecule is CC(N)c1ccc(N2CCCC2)cc1. The lowest BCUT2D eigenvalue weighted by molar-refractivity contribution is 0.817. The molecule has 1 aromatic carbocycles. The molecule has 76 valence electrons. The molecule has 1 aromatic rings. The van der Waals surface area contributed by atoms with Crippen LogP contribution in [0.5, 0.6) is 0 Å². The van der Waals surface area contributed by atoms with Crippen molar-refractivity contribution in [1.29, 1.82) is 0 Å². The van der Waals surface area contributed by atoms with E-state index in [0.717, 1.165) is 0 Å². The Balaban J connectivity index is 2.12. The summed E-state index contributed by atoms with van der Waals surface area (Å²) in [5.74, 6) is 0. The number of rotatable bonds is 2. The molecule has 2 rings (SSSR count). The summed E-state index contributed by atoms with van der Waals surface area (Å²) in [7, 11) is 0. The Kier molecular flexibility index (Phi) is 2.73. The fourth-order valence-corrected chi connectivity index (χ4v) is 1.96. The molecule has 1 aliphatic heterocycles. The summed E-state index contributed by atoms with van der Waals surface area (Å²) in [4.78, 5) is 2.44. The van der Waals surface area contributed by atoms with Crippen LogP contribution in [0.3, 0.4) is 0 Å². The topological polar surface area (TPSA) is 29.3 Å². The van der Waals surface area contributed by atoms with Gasteiger partial charge in [-0.15, -0.1) is 0 Å². The predicted molar refractivity (Wildman–Crippen MR) is 60.5 cm³/mol.